The number of fused-ring (bicyclic) bond motifs is 3. The highest BCUT2D eigenvalue weighted by atomic mass is 16.4. The first kappa shape index (κ1) is 32.3. The van der Waals surface area contributed by atoms with Gasteiger partial charge in [0.05, 0.1) is 29.1 Å². The second-order valence-electron chi connectivity index (χ2n) is 13.6. The molecule has 8 nitrogen and oxygen atoms in total. The molecule has 250 valence electrons. The smallest absolute Gasteiger partial charge is 0.307 e. The van der Waals surface area contributed by atoms with Crippen molar-refractivity contribution in [3.63, 3.8) is 0 Å². The van der Waals surface area contributed by atoms with Crippen LogP contribution in [0.5, 0.6) is 0 Å². The highest BCUT2D eigenvalue weighted by molar-refractivity contribution is 5.96. The van der Waals surface area contributed by atoms with Crippen LogP contribution in [0.3, 0.4) is 0 Å². The molecule has 7 rings (SSSR count). The molecule has 0 heterocycles. The van der Waals surface area contributed by atoms with Gasteiger partial charge in [0.15, 0.2) is 0 Å². The van der Waals surface area contributed by atoms with Gasteiger partial charge in [-0.3, -0.25) is 19.2 Å². The highest BCUT2D eigenvalue weighted by Crippen LogP contribution is 2.56. The van der Waals surface area contributed by atoms with Gasteiger partial charge in [-0.05, 0) is 83.3 Å². The van der Waals surface area contributed by atoms with Gasteiger partial charge in [-0.2, -0.15) is 0 Å². The van der Waals surface area contributed by atoms with E-state index in [1.165, 1.54) is 0 Å². The SMILES string of the molecule is O=C(O)[C@H]1CCCC[C@H]1C(=O)Nc1ccc(C2(c3ccc(NC(=O)[C@H]4CCCC[C@H]4C(=O)O)cc3)c3ccccc3-c3ccccc32)cc1. The number of carbonyl (C=O) groups excluding carboxylic acids is 2. The number of benzene rings is 4. The largest absolute Gasteiger partial charge is 0.481 e. The molecule has 0 saturated heterocycles. The quantitative estimate of drug-likeness (QED) is 0.135. The molecule has 0 radical (unpaired) electrons. The topological polar surface area (TPSA) is 133 Å². The van der Waals surface area contributed by atoms with Crippen LogP contribution in [-0.4, -0.2) is 34.0 Å². The van der Waals surface area contributed by atoms with Gasteiger partial charge in [0, 0.05) is 11.4 Å². The Morgan fingerprint density at radius 1 is 0.490 bits per heavy atom. The summed E-state index contributed by atoms with van der Waals surface area (Å²) in [4.78, 5) is 50.2. The molecule has 4 aromatic rings. The van der Waals surface area contributed by atoms with E-state index in [1.807, 2.05) is 72.8 Å². The fourth-order valence-corrected chi connectivity index (χ4v) is 8.58. The van der Waals surface area contributed by atoms with Gasteiger partial charge in [-0.1, -0.05) is 98.5 Å². The minimum Gasteiger partial charge on any atom is -0.481 e. The van der Waals surface area contributed by atoms with E-state index in [4.69, 9.17) is 0 Å². The van der Waals surface area contributed by atoms with Crippen molar-refractivity contribution in [1.29, 1.82) is 0 Å². The van der Waals surface area contributed by atoms with E-state index < -0.39 is 41.0 Å². The first-order valence-corrected chi connectivity index (χ1v) is 17.3. The first-order chi connectivity index (χ1) is 23.8. The number of anilines is 2. The zero-order valence-corrected chi connectivity index (χ0v) is 27.2. The molecular weight excluding hydrogens is 616 g/mol. The van der Waals surface area contributed by atoms with E-state index in [2.05, 4.69) is 34.9 Å². The average Bonchev–Trinajstić information content (AvgIpc) is 3.43. The summed E-state index contributed by atoms with van der Waals surface area (Å²) in [5.41, 5.74) is 6.99. The number of aliphatic carboxylic acids is 2. The lowest BCUT2D eigenvalue weighted by atomic mass is 9.67. The number of carbonyl (C=O) groups is 4. The van der Waals surface area contributed by atoms with Crippen molar-refractivity contribution in [3.8, 4) is 11.1 Å². The lowest BCUT2D eigenvalue weighted by Crippen LogP contribution is -2.36. The van der Waals surface area contributed by atoms with Gasteiger partial charge in [-0.25, -0.2) is 0 Å². The van der Waals surface area contributed by atoms with E-state index in [9.17, 15) is 29.4 Å². The molecule has 2 amide bonds. The second kappa shape index (κ2) is 13.3. The molecule has 0 unspecified atom stereocenters. The minimum atomic E-state index is -0.917. The Hall–Kier alpha value is -5.24. The maximum Gasteiger partial charge on any atom is 0.307 e. The summed E-state index contributed by atoms with van der Waals surface area (Å²) in [5, 5.41) is 25.4. The van der Waals surface area contributed by atoms with Crippen LogP contribution in [0.4, 0.5) is 11.4 Å². The molecule has 0 aliphatic heterocycles. The molecule has 0 spiro atoms. The summed E-state index contributed by atoms with van der Waals surface area (Å²) >= 11 is 0. The van der Waals surface area contributed by atoms with Crippen LogP contribution >= 0.6 is 0 Å². The summed E-state index contributed by atoms with van der Waals surface area (Å²) in [6.45, 7) is 0. The van der Waals surface area contributed by atoms with Crippen LogP contribution in [0.2, 0.25) is 0 Å². The number of hydrogen-bond acceptors (Lipinski definition) is 4. The molecule has 3 aliphatic rings. The molecular formula is C41H40N2O6. The van der Waals surface area contributed by atoms with E-state index in [1.54, 1.807) is 0 Å². The lowest BCUT2D eigenvalue weighted by molar-refractivity contribution is -0.148. The molecule has 4 N–H and O–H groups in total. The molecule has 0 aromatic heterocycles. The Morgan fingerprint density at radius 3 is 1.20 bits per heavy atom. The third-order valence-electron chi connectivity index (χ3n) is 11.0. The maximum absolute atomic E-state index is 13.3. The first-order valence-electron chi connectivity index (χ1n) is 17.3. The van der Waals surface area contributed by atoms with Crippen molar-refractivity contribution in [1.82, 2.24) is 0 Å². The van der Waals surface area contributed by atoms with Crippen LogP contribution in [0.15, 0.2) is 97.1 Å². The molecule has 8 heteroatoms. The molecule has 2 fully saturated rings. The van der Waals surface area contributed by atoms with Crippen molar-refractivity contribution >= 4 is 35.1 Å². The van der Waals surface area contributed by atoms with Crippen LogP contribution in [0, 0.1) is 23.7 Å². The molecule has 49 heavy (non-hydrogen) atoms. The molecule has 3 aliphatic carbocycles. The molecule has 0 bridgehead atoms. The summed E-state index contributed by atoms with van der Waals surface area (Å²) in [6.07, 6.45) is 5.48. The van der Waals surface area contributed by atoms with Crippen LogP contribution in [0.1, 0.15) is 73.6 Å². The Labute approximate surface area is 285 Å². The fraction of sp³-hybridized carbons (Fsp3) is 0.317. The van der Waals surface area contributed by atoms with Crippen molar-refractivity contribution in [2.24, 2.45) is 23.7 Å². The van der Waals surface area contributed by atoms with Crippen molar-refractivity contribution in [2.75, 3.05) is 10.6 Å². The number of amides is 2. The average molecular weight is 657 g/mol. The monoisotopic (exact) mass is 656 g/mol. The van der Waals surface area contributed by atoms with E-state index in [0.29, 0.717) is 37.1 Å². The number of nitrogens with one attached hydrogen (secondary N) is 2. The maximum atomic E-state index is 13.3. The second-order valence-corrected chi connectivity index (χ2v) is 13.6. The fourth-order valence-electron chi connectivity index (χ4n) is 8.58. The van der Waals surface area contributed by atoms with Crippen LogP contribution in [-0.2, 0) is 24.6 Å². The van der Waals surface area contributed by atoms with Crippen LogP contribution in [0.25, 0.3) is 11.1 Å². The van der Waals surface area contributed by atoms with Gasteiger partial charge in [0.2, 0.25) is 11.8 Å². The molecule has 2 saturated carbocycles. The van der Waals surface area contributed by atoms with Gasteiger partial charge in [-0.15, -0.1) is 0 Å². The van der Waals surface area contributed by atoms with Crippen molar-refractivity contribution < 1.29 is 29.4 Å². The Bertz CT molecular complexity index is 1760. The number of carboxylic acids is 2. The number of hydrogen-bond donors (Lipinski definition) is 4. The lowest BCUT2D eigenvalue weighted by Gasteiger charge is -2.34. The third kappa shape index (κ3) is 5.79. The van der Waals surface area contributed by atoms with Gasteiger partial charge >= 0.3 is 11.9 Å². The zero-order valence-electron chi connectivity index (χ0n) is 27.2. The third-order valence-corrected chi connectivity index (χ3v) is 11.0. The van der Waals surface area contributed by atoms with Gasteiger partial charge in [0.25, 0.3) is 0 Å². The Balaban J connectivity index is 1.23. The normalized spacial score (nSPS) is 22.3. The van der Waals surface area contributed by atoms with E-state index in [0.717, 1.165) is 59.1 Å². The number of rotatable bonds is 8. The highest BCUT2D eigenvalue weighted by Gasteiger charge is 2.46. The summed E-state index contributed by atoms with van der Waals surface area (Å²) in [6, 6.07) is 32.3. The van der Waals surface area contributed by atoms with Crippen molar-refractivity contribution in [3.05, 3.63) is 119 Å². The Kier molecular flexibility index (Phi) is 8.80. The van der Waals surface area contributed by atoms with Gasteiger partial charge < -0.3 is 20.8 Å². The summed E-state index contributed by atoms with van der Waals surface area (Å²) in [7, 11) is 0. The minimum absolute atomic E-state index is 0.258. The van der Waals surface area contributed by atoms with Crippen LogP contribution < -0.4 is 10.6 Å². The summed E-state index contributed by atoms with van der Waals surface area (Å²) < 4.78 is 0. The van der Waals surface area contributed by atoms with Gasteiger partial charge in [0.1, 0.15) is 0 Å². The van der Waals surface area contributed by atoms with Crippen molar-refractivity contribution in [2.45, 2.75) is 56.8 Å². The molecule has 4 aromatic carbocycles. The Morgan fingerprint density at radius 2 is 0.837 bits per heavy atom. The van der Waals surface area contributed by atoms with E-state index in [-0.39, 0.29) is 11.8 Å². The summed E-state index contributed by atoms with van der Waals surface area (Å²) in [5.74, 6) is -4.80. The zero-order chi connectivity index (χ0) is 34.1. The predicted molar refractivity (Wildman–Crippen MR) is 187 cm³/mol. The number of carboxylic acid groups (broad SMARTS) is 2. The standard InChI is InChI=1S/C41H40N2O6/c44-37(31-11-1-3-13-33(31)39(46)47)42-27-21-17-25(18-22-27)41(35-15-7-5-9-29(35)30-10-6-8-16-36(30)41)26-19-23-28(24-20-26)43-38(45)32-12-2-4-14-34(32)40(48)49/h5-10,15-24,31-34H,1-4,11-14H2,(H,42,44)(H,43,45)(H,46,47)(H,48,49)/t31-,32+,33+,34-. The molecule has 4 atom stereocenters. The van der Waals surface area contributed by atoms with E-state index >= 15 is 0 Å². The predicted octanol–water partition coefficient (Wildman–Crippen LogP) is 7.71.